The van der Waals surface area contributed by atoms with E-state index in [9.17, 15) is 14.4 Å². The fourth-order valence-electron chi connectivity index (χ4n) is 2.46. The van der Waals surface area contributed by atoms with Crippen LogP contribution >= 0.6 is 22.7 Å². The summed E-state index contributed by atoms with van der Waals surface area (Å²) in [5.41, 5.74) is 0. The molecule has 6 nitrogen and oxygen atoms in total. The van der Waals surface area contributed by atoms with Gasteiger partial charge in [-0.25, -0.2) is 0 Å². The minimum Gasteiger partial charge on any atom is -0.376 e. The SMILES string of the molecule is O=C(NCc1ccc(C(=O)c2cccs2)s1)C(=O)NC[C@H]1CCCO1. The number of thiophene rings is 2. The lowest BCUT2D eigenvalue weighted by Crippen LogP contribution is -2.42. The Bertz CT molecular complexity index is 749. The molecule has 1 aliphatic heterocycles. The highest BCUT2D eigenvalue weighted by molar-refractivity contribution is 7.16. The van der Waals surface area contributed by atoms with Crippen molar-refractivity contribution in [2.24, 2.45) is 0 Å². The zero-order valence-electron chi connectivity index (χ0n) is 13.4. The van der Waals surface area contributed by atoms with Crippen molar-refractivity contribution in [3.8, 4) is 0 Å². The van der Waals surface area contributed by atoms with E-state index in [0.29, 0.717) is 22.9 Å². The third-order valence-corrected chi connectivity index (χ3v) is 5.73. The number of rotatable bonds is 6. The third kappa shape index (κ3) is 4.75. The molecule has 0 unspecified atom stereocenters. The molecule has 3 heterocycles. The maximum atomic E-state index is 12.2. The van der Waals surface area contributed by atoms with Gasteiger partial charge in [0.05, 0.1) is 22.4 Å². The fourth-order valence-corrected chi connectivity index (χ4v) is 4.11. The molecule has 2 aromatic heterocycles. The summed E-state index contributed by atoms with van der Waals surface area (Å²) in [6, 6.07) is 7.15. The molecule has 2 aromatic rings. The number of carbonyl (C=O) groups excluding carboxylic acids is 3. The summed E-state index contributed by atoms with van der Waals surface area (Å²) >= 11 is 2.71. The molecule has 0 radical (unpaired) electrons. The van der Waals surface area contributed by atoms with E-state index < -0.39 is 11.8 Å². The quantitative estimate of drug-likeness (QED) is 0.594. The molecule has 0 saturated carbocycles. The predicted octanol–water partition coefficient (Wildman–Crippen LogP) is 1.95. The van der Waals surface area contributed by atoms with Crippen LogP contribution in [0.25, 0.3) is 0 Å². The van der Waals surface area contributed by atoms with Crippen molar-refractivity contribution in [1.82, 2.24) is 10.6 Å². The third-order valence-electron chi connectivity index (χ3n) is 3.77. The van der Waals surface area contributed by atoms with Crippen LogP contribution in [0.3, 0.4) is 0 Å². The molecule has 1 aliphatic rings. The maximum absolute atomic E-state index is 12.2. The zero-order valence-corrected chi connectivity index (χ0v) is 15.1. The summed E-state index contributed by atoms with van der Waals surface area (Å²) < 4.78 is 5.39. The Morgan fingerprint density at radius 1 is 1.12 bits per heavy atom. The van der Waals surface area contributed by atoms with Gasteiger partial charge in [0.15, 0.2) is 0 Å². The first-order valence-corrected chi connectivity index (χ1v) is 9.67. The van der Waals surface area contributed by atoms with Crippen LogP contribution in [0.2, 0.25) is 0 Å². The van der Waals surface area contributed by atoms with Gasteiger partial charge < -0.3 is 15.4 Å². The lowest BCUT2D eigenvalue weighted by molar-refractivity contribution is -0.139. The predicted molar refractivity (Wildman–Crippen MR) is 95.9 cm³/mol. The molecule has 8 heteroatoms. The van der Waals surface area contributed by atoms with Gasteiger partial charge >= 0.3 is 11.8 Å². The average Bonchev–Trinajstić information content (AvgIpc) is 3.39. The fraction of sp³-hybridized carbons (Fsp3) is 0.353. The molecule has 0 bridgehead atoms. The standard InChI is InChI=1S/C17H18N2O4S2/c20-15(13-4-2-8-24-13)14-6-5-12(25-14)10-19-17(22)16(21)18-9-11-3-1-7-23-11/h2,4-6,8,11H,1,3,7,9-10H2,(H,18,21)(H,19,22)/t11-/m1/s1. The molecule has 1 fully saturated rings. The van der Waals surface area contributed by atoms with Crippen molar-refractivity contribution in [2.75, 3.05) is 13.2 Å². The molecule has 0 spiro atoms. The molecule has 25 heavy (non-hydrogen) atoms. The highest BCUT2D eigenvalue weighted by Gasteiger charge is 2.19. The number of ether oxygens (including phenoxy) is 1. The molecule has 1 saturated heterocycles. The topological polar surface area (TPSA) is 84.5 Å². The van der Waals surface area contributed by atoms with Crippen LogP contribution in [0, 0.1) is 0 Å². The van der Waals surface area contributed by atoms with Crippen molar-refractivity contribution in [1.29, 1.82) is 0 Å². The van der Waals surface area contributed by atoms with E-state index in [-0.39, 0.29) is 18.4 Å². The van der Waals surface area contributed by atoms with Gasteiger partial charge in [-0.15, -0.1) is 22.7 Å². The Morgan fingerprint density at radius 3 is 2.68 bits per heavy atom. The Labute approximate surface area is 153 Å². The van der Waals surface area contributed by atoms with E-state index in [1.165, 1.54) is 22.7 Å². The van der Waals surface area contributed by atoms with Crippen LogP contribution in [0.4, 0.5) is 0 Å². The molecule has 1 atom stereocenters. The molecule has 132 valence electrons. The molecule has 0 aliphatic carbocycles. The van der Waals surface area contributed by atoms with Crippen molar-refractivity contribution in [3.05, 3.63) is 44.3 Å². The Hall–Kier alpha value is -2.03. The molecule has 2 N–H and O–H groups in total. The van der Waals surface area contributed by atoms with Gasteiger partial charge in [-0.1, -0.05) is 6.07 Å². The average molecular weight is 378 g/mol. The summed E-state index contributed by atoms with van der Waals surface area (Å²) in [6.45, 7) is 1.27. The summed E-state index contributed by atoms with van der Waals surface area (Å²) in [4.78, 5) is 37.9. The first-order chi connectivity index (χ1) is 12.1. The number of carbonyl (C=O) groups is 3. The highest BCUT2D eigenvalue weighted by Crippen LogP contribution is 2.22. The van der Waals surface area contributed by atoms with Crippen LogP contribution in [-0.2, 0) is 20.9 Å². The lowest BCUT2D eigenvalue weighted by Gasteiger charge is -2.10. The first kappa shape index (κ1) is 17.8. The Kier molecular flexibility index (Phi) is 5.95. The molecule has 2 amide bonds. The second kappa shape index (κ2) is 8.37. The Balaban J connectivity index is 1.45. The van der Waals surface area contributed by atoms with Crippen molar-refractivity contribution < 1.29 is 19.1 Å². The van der Waals surface area contributed by atoms with Crippen LogP contribution in [-0.4, -0.2) is 36.9 Å². The molecular weight excluding hydrogens is 360 g/mol. The summed E-state index contributed by atoms with van der Waals surface area (Å²) in [5.74, 6) is -1.37. The van der Waals surface area contributed by atoms with Gasteiger partial charge in [-0.05, 0) is 36.4 Å². The number of ketones is 1. The van der Waals surface area contributed by atoms with E-state index in [0.717, 1.165) is 17.7 Å². The van der Waals surface area contributed by atoms with Gasteiger partial charge in [-0.2, -0.15) is 0 Å². The van der Waals surface area contributed by atoms with Crippen molar-refractivity contribution >= 4 is 40.3 Å². The summed E-state index contributed by atoms with van der Waals surface area (Å²) in [5, 5.41) is 7.01. The van der Waals surface area contributed by atoms with Gasteiger partial charge in [0.1, 0.15) is 0 Å². The van der Waals surface area contributed by atoms with Gasteiger partial charge in [0, 0.05) is 18.0 Å². The van der Waals surface area contributed by atoms with Crippen LogP contribution < -0.4 is 10.6 Å². The lowest BCUT2D eigenvalue weighted by atomic mass is 10.2. The Morgan fingerprint density at radius 2 is 1.96 bits per heavy atom. The van der Waals surface area contributed by atoms with E-state index in [1.807, 2.05) is 11.4 Å². The molecule has 3 rings (SSSR count). The first-order valence-electron chi connectivity index (χ1n) is 7.98. The van der Waals surface area contributed by atoms with Crippen LogP contribution in [0.1, 0.15) is 32.3 Å². The van der Waals surface area contributed by atoms with E-state index in [1.54, 1.807) is 18.2 Å². The minimum atomic E-state index is -0.683. The number of hydrogen-bond donors (Lipinski definition) is 2. The van der Waals surface area contributed by atoms with Crippen LogP contribution in [0.15, 0.2) is 29.6 Å². The smallest absolute Gasteiger partial charge is 0.309 e. The largest absolute Gasteiger partial charge is 0.376 e. The van der Waals surface area contributed by atoms with E-state index in [2.05, 4.69) is 10.6 Å². The highest BCUT2D eigenvalue weighted by atomic mass is 32.1. The second-order valence-corrected chi connectivity index (χ2v) is 7.72. The summed E-state index contributed by atoms with van der Waals surface area (Å²) in [7, 11) is 0. The van der Waals surface area contributed by atoms with Crippen molar-refractivity contribution in [2.45, 2.75) is 25.5 Å². The zero-order chi connectivity index (χ0) is 17.6. The maximum Gasteiger partial charge on any atom is 0.309 e. The molecular formula is C17H18N2O4S2. The minimum absolute atomic E-state index is 0.000122. The molecule has 0 aromatic carbocycles. The second-order valence-electron chi connectivity index (χ2n) is 5.60. The van der Waals surface area contributed by atoms with Gasteiger partial charge in [-0.3, -0.25) is 14.4 Å². The van der Waals surface area contributed by atoms with Gasteiger partial charge in [0.25, 0.3) is 0 Å². The monoisotopic (exact) mass is 378 g/mol. The van der Waals surface area contributed by atoms with E-state index >= 15 is 0 Å². The summed E-state index contributed by atoms with van der Waals surface area (Å²) in [6.07, 6.45) is 1.88. The number of hydrogen-bond acceptors (Lipinski definition) is 6. The number of amides is 2. The normalized spacial score (nSPS) is 16.6. The van der Waals surface area contributed by atoms with Gasteiger partial charge in [0.2, 0.25) is 5.78 Å². The van der Waals surface area contributed by atoms with E-state index in [4.69, 9.17) is 4.74 Å². The van der Waals surface area contributed by atoms with Crippen LogP contribution in [0.5, 0.6) is 0 Å². The number of nitrogens with one attached hydrogen (secondary N) is 2. The van der Waals surface area contributed by atoms with Crippen molar-refractivity contribution in [3.63, 3.8) is 0 Å².